The van der Waals surface area contributed by atoms with Gasteiger partial charge in [-0.15, -0.1) is 0 Å². The van der Waals surface area contributed by atoms with Crippen LogP contribution in [0.15, 0.2) is 97.1 Å². The van der Waals surface area contributed by atoms with Gasteiger partial charge in [0.25, 0.3) is 0 Å². The van der Waals surface area contributed by atoms with E-state index in [0.29, 0.717) is 28.0 Å². The molecule has 48 heavy (non-hydrogen) atoms. The topological polar surface area (TPSA) is 131 Å². The summed E-state index contributed by atoms with van der Waals surface area (Å²) in [5.74, 6) is -2.09. The Morgan fingerprint density at radius 2 is 1.52 bits per heavy atom. The first-order chi connectivity index (χ1) is 23.1. The van der Waals surface area contributed by atoms with Gasteiger partial charge in [-0.05, 0) is 46.5 Å². The van der Waals surface area contributed by atoms with Gasteiger partial charge in [0.05, 0.1) is 7.11 Å². The van der Waals surface area contributed by atoms with Gasteiger partial charge in [-0.3, -0.25) is 14.5 Å². The number of carbonyl (C=O) groups is 4. The third kappa shape index (κ3) is 8.01. The number of phenolic OH excluding ortho intramolecular Hbond substituents is 1. The van der Waals surface area contributed by atoms with Gasteiger partial charge in [0.15, 0.2) is 5.78 Å². The lowest BCUT2D eigenvalue weighted by molar-refractivity contribution is -0.145. The predicted octanol–water partition coefficient (Wildman–Crippen LogP) is 5.76. The molecule has 0 aliphatic carbocycles. The molecule has 5 rings (SSSR count). The van der Waals surface area contributed by atoms with Crippen LogP contribution in [-0.2, 0) is 43.5 Å². The van der Waals surface area contributed by atoms with Crippen LogP contribution >= 0.6 is 0 Å². The Balaban J connectivity index is 1.59. The second kappa shape index (κ2) is 15.3. The van der Waals surface area contributed by atoms with Gasteiger partial charge in [-0.1, -0.05) is 79.7 Å². The molecule has 1 heterocycles. The van der Waals surface area contributed by atoms with Crippen molar-refractivity contribution in [2.45, 2.75) is 45.1 Å². The molecule has 0 aromatic heterocycles. The summed E-state index contributed by atoms with van der Waals surface area (Å²) < 4.78 is 16.8. The van der Waals surface area contributed by atoms with Crippen LogP contribution in [0.25, 0.3) is 11.1 Å². The van der Waals surface area contributed by atoms with Crippen LogP contribution in [0.3, 0.4) is 0 Å². The molecule has 0 unspecified atom stereocenters. The molecule has 0 fully saturated rings. The van der Waals surface area contributed by atoms with Crippen molar-refractivity contribution in [2.24, 2.45) is 5.92 Å². The molecule has 4 bridgehead atoms. The van der Waals surface area contributed by atoms with Crippen LogP contribution in [-0.4, -0.2) is 54.0 Å². The fraction of sp³-hybridized carbons (Fsp3) is 0.263. The minimum absolute atomic E-state index is 0.00557. The molecule has 2 amide bonds. The van der Waals surface area contributed by atoms with Gasteiger partial charge in [0.2, 0.25) is 5.91 Å². The monoisotopic (exact) mass is 650 g/mol. The van der Waals surface area contributed by atoms with Crippen molar-refractivity contribution in [2.75, 3.05) is 14.2 Å². The summed E-state index contributed by atoms with van der Waals surface area (Å²) in [6.45, 7) is 1.81. The molecule has 3 atom stereocenters. The molecule has 10 nitrogen and oxygen atoms in total. The highest BCUT2D eigenvalue weighted by molar-refractivity contribution is 5.94. The second-order valence-electron chi connectivity index (χ2n) is 11.8. The lowest BCUT2D eigenvalue weighted by Crippen LogP contribution is -2.46. The van der Waals surface area contributed by atoms with E-state index in [1.54, 1.807) is 37.3 Å². The van der Waals surface area contributed by atoms with Gasteiger partial charge in [-0.2, -0.15) is 0 Å². The Morgan fingerprint density at radius 3 is 2.19 bits per heavy atom. The Morgan fingerprint density at radius 1 is 0.854 bits per heavy atom. The SMILES string of the molecule is COC(=O)[C@@H]1Cc2ccc(OCc3ccccc3)c(c2)-c2cc(ccc2O)[C@H](N(C)C(=O)OCc2ccccc2)C(=O)C[C@@H](C)C(=O)N1. The maximum atomic E-state index is 14.0. The highest BCUT2D eigenvalue weighted by Gasteiger charge is 2.34. The first-order valence-corrected chi connectivity index (χ1v) is 15.6. The zero-order chi connectivity index (χ0) is 34.2. The van der Waals surface area contributed by atoms with Gasteiger partial charge in [0, 0.05) is 36.9 Å². The number of phenols is 1. The van der Waals surface area contributed by atoms with Crippen molar-refractivity contribution in [1.29, 1.82) is 0 Å². The van der Waals surface area contributed by atoms with E-state index in [1.807, 2.05) is 60.7 Å². The molecular formula is C38H38N2O8. The predicted molar refractivity (Wildman–Crippen MR) is 178 cm³/mol. The van der Waals surface area contributed by atoms with Gasteiger partial charge < -0.3 is 24.6 Å². The summed E-state index contributed by atoms with van der Waals surface area (Å²) in [4.78, 5) is 54.7. The van der Waals surface area contributed by atoms with Crippen molar-refractivity contribution < 1.29 is 38.5 Å². The van der Waals surface area contributed by atoms with Crippen LogP contribution < -0.4 is 10.1 Å². The Labute approximate surface area is 279 Å². The minimum Gasteiger partial charge on any atom is -0.507 e. The number of benzene rings is 4. The number of hydrogen-bond acceptors (Lipinski definition) is 8. The Bertz CT molecular complexity index is 1780. The number of amides is 2. The molecule has 1 aliphatic rings. The first-order valence-electron chi connectivity index (χ1n) is 15.6. The fourth-order valence-electron chi connectivity index (χ4n) is 5.66. The van der Waals surface area contributed by atoms with E-state index in [2.05, 4.69) is 5.32 Å². The van der Waals surface area contributed by atoms with Crippen molar-refractivity contribution in [3.63, 3.8) is 0 Å². The zero-order valence-electron chi connectivity index (χ0n) is 27.1. The number of esters is 1. The number of rotatable bonds is 7. The van der Waals surface area contributed by atoms with Crippen molar-refractivity contribution >= 4 is 23.8 Å². The molecule has 0 radical (unpaired) electrons. The van der Waals surface area contributed by atoms with Crippen molar-refractivity contribution in [3.05, 3.63) is 119 Å². The van der Waals surface area contributed by atoms with E-state index in [0.717, 1.165) is 11.1 Å². The summed E-state index contributed by atoms with van der Waals surface area (Å²) in [6.07, 6.45) is -0.901. The number of hydrogen-bond donors (Lipinski definition) is 2. The maximum Gasteiger partial charge on any atom is 0.410 e. The molecule has 1 aliphatic heterocycles. The van der Waals surface area contributed by atoms with Crippen molar-refractivity contribution in [3.8, 4) is 22.6 Å². The van der Waals surface area contributed by atoms with Gasteiger partial charge in [0.1, 0.15) is 36.8 Å². The number of aromatic hydroxyl groups is 1. The standard InChI is InChI=1S/C38H38N2O8/c1-24-18-33(42)35(40(2)38(45)48-23-26-12-8-5-9-13-26)28-15-16-32(41)29(21-28)30-19-27(20-31(37(44)46-3)39-36(24)43)14-17-34(30)47-22-25-10-6-4-7-11-25/h4-17,19,21,24,31,35,41H,18,20,22-23H2,1-3H3,(H,39,43)/t24-,31+,35+/m1/s1. The van der Waals surface area contributed by atoms with Crippen molar-refractivity contribution in [1.82, 2.24) is 10.2 Å². The Kier molecular flexibility index (Phi) is 10.7. The average Bonchev–Trinajstić information content (AvgIpc) is 3.10. The maximum absolute atomic E-state index is 14.0. The molecule has 4 aromatic carbocycles. The summed E-state index contributed by atoms with van der Waals surface area (Å²) in [5, 5.41) is 13.9. The number of Topliss-reactive ketones (excluding diaryl/α,β-unsaturated/α-hetero) is 1. The summed E-state index contributed by atoms with van der Waals surface area (Å²) in [7, 11) is 2.69. The second-order valence-corrected chi connectivity index (χ2v) is 11.8. The average molecular weight is 651 g/mol. The molecule has 2 N–H and O–H groups in total. The number of ketones is 1. The van der Waals surface area contributed by atoms with Gasteiger partial charge >= 0.3 is 12.1 Å². The van der Waals surface area contributed by atoms with E-state index >= 15 is 0 Å². The normalized spacial score (nSPS) is 17.8. The summed E-state index contributed by atoms with van der Waals surface area (Å²) in [6, 6.07) is 26.5. The van der Waals surface area contributed by atoms with Crippen LogP contribution in [0.1, 0.15) is 41.6 Å². The molecule has 248 valence electrons. The quantitative estimate of drug-likeness (QED) is 0.242. The van der Waals surface area contributed by atoms with E-state index in [9.17, 15) is 24.3 Å². The highest BCUT2D eigenvalue weighted by Crippen LogP contribution is 2.40. The highest BCUT2D eigenvalue weighted by atomic mass is 16.6. The number of nitrogens with one attached hydrogen (secondary N) is 1. The van der Waals surface area contributed by atoms with E-state index < -0.39 is 41.8 Å². The third-order valence-corrected chi connectivity index (χ3v) is 8.29. The largest absolute Gasteiger partial charge is 0.507 e. The Hall–Kier alpha value is -5.64. The first kappa shape index (κ1) is 33.7. The van der Waals surface area contributed by atoms with E-state index in [1.165, 1.54) is 25.1 Å². The van der Waals surface area contributed by atoms with Crippen LogP contribution in [0, 0.1) is 5.92 Å². The smallest absolute Gasteiger partial charge is 0.410 e. The summed E-state index contributed by atoms with van der Waals surface area (Å²) >= 11 is 0. The lowest BCUT2D eigenvalue weighted by Gasteiger charge is -2.29. The van der Waals surface area contributed by atoms with E-state index in [-0.39, 0.29) is 31.8 Å². The fourth-order valence-corrected chi connectivity index (χ4v) is 5.66. The number of likely N-dealkylation sites (N-methyl/N-ethyl adjacent to an activating group) is 1. The molecule has 0 saturated carbocycles. The lowest BCUT2D eigenvalue weighted by atomic mass is 9.90. The molecule has 0 spiro atoms. The number of fused-ring (bicyclic) bond motifs is 5. The summed E-state index contributed by atoms with van der Waals surface area (Å²) in [5.41, 5.74) is 3.61. The molecule has 4 aromatic rings. The number of methoxy groups -OCH3 is 1. The number of nitrogens with zero attached hydrogens (tertiary/aromatic N) is 1. The van der Waals surface area contributed by atoms with Gasteiger partial charge in [-0.25, -0.2) is 9.59 Å². The zero-order valence-corrected chi connectivity index (χ0v) is 27.1. The molecule has 0 saturated heterocycles. The van der Waals surface area contributed by atoms with Crippen LogP contribution in [0.4, 0.5) is 4.79 Å². The number of carbonyl (C=O) groups excluding carboxylic acids is 4. The van der Waals surface area contributed by atoms with E-state index in [4.69, 9.17) is 14.2 Å². The molecular weight excluding hydrogens is 612 g/mol. The number of ether oxygens (including phenoxy) is 3. The molecule has 10 heteroatoms. The van der Waals surface area contributed by atoms with Crippen LogP contribution in [0.5, 0.6) is 11.5 Å². The minimum atomic E-state index is -1.17. The third-order valence-electron chi connectivity index (χ3n) is 8.29. The van der Waals surface area contributed by atoms with Crippen LogP contribution in [0.2, 0.25) is 0 Å².